The molecule has 2 atom stereocenters. The van der Waals surface area contributed by atoms with Gasteiger partial charge in [-0.3, -0.25) is 9.59 Å². The van der Waals surface area contributed by atoms with Gasteiger partial charge in [0.25, 0.3) is 0 Å². The first-order valence-corrected chi connectivity index (χ1v) is 7.89. The van der Waals surface area contributed by atoms with Crippen LogP contribution in [0.1, 0.15) is 65.2 Å². The van der Waals surface area contributed by atoms with Crippen LogP contribution in [0, 0.1) is 17.3 Å². The minimum atomic E-state index is -0.771. The first kappa shape index (κ1) is 15.3. The molecular weight excluding hydrogens is 254 g/mol. The van der Waals surface area contributed by atoms with Crippen molar-refractivity contribution in [3.8, 4) is 0 Å². The summed E-state index contributed by atoms with van der Waals surface area (Å²) in [5, 5.41) is 12.1. The van der Waals surface area contributed by atoms with Crippen molar-refractivity contribution >= 4 is 11.9 Å². The van der Waals surface area contributed by atoms with E-state index in [0.29, 0.717) is 24.2 Å². The van der Waals surface area contributed by atoms with Gasteiger partial charge in [0.15, 0.2) is 0 Å². The normalized spacial score (nSPS) is 30.1. The number of hydrogen-bond donors (Lipinski definition) is 2. The molecule has 2 aliphatic carbocycles. The molecule has 2 rings (SSSR count). The van der Waals surface area contributed by atoms with Crippen molar-refractivity contribution < 1.29 is 14.7 Å². The van der Waals surface area contributed by atoms with Crippen LogP contribution < -0.4 is 5.32 Å². The minimum Gasteiger partial charge on any atom is -0.481 e. The predicted octanol–water partition coefficient (Wildman–Crippen LogP) is 2.96. The summed E-state index contributed by atoms with van der Waals surface area (Å²) in [6, 6.07) is -0.153. The maximum absolute atomic E-state index is 12.1. The van der Waals surface area contributed by atoms with E-state index in [0.717, 1.165) is 25.7 Å². The Hall–Kier alpha value is -1.06. The molecule has 0 aromatic carbocycles. The molecule has 0 unspecified atom stereocenters. The number of aliphatic carboxylic acids is 1. The second kappa shape index (κ2) is 6.15. The zero-order valence-electron chi connectivity index (χ0n) is 12.7. The van der Waals surface area contributed by atoms with Crippen molar-refractivity contribution in [2.75, 3.05) is 0 Å². The molecule has 2 N–H and O–H groups in total. The SMILES string of the molecule is CC1(C)CCC(CC(=O)N[C@@H]2CCC[C@@H]2C(=O)O)CC1. The number of nitrogens with one attached hydrogen (secondary N) is 1. The van der Waals surface area contributed by atoms with Crippen LogP contribution in [-0.4, -0.2) is 23.0 Å². The Balaban J connectivity index is 1.77. The topological polar surface area (TPSA) is 66.4 Å². The van der Waals surface area contributed by atoms with Gasteiger partial charge in [0.05, 0.1) is 5.92 Å². The number of carboxylic acid groups (broad SMARTS) is 1. The van der Waals surface area contributed by atoms with E-state index in [4.69, 9.17) is 5.11 Å². The fourth-order valence-corrected chi connectivity index (χ4v) is 3.62. The number of carbonyl (C=O) groups is 2. The molecular formula is C16H27NO3. The molecule has 2 fully saturated rings. The smallest absolute Gasteiger partial charge is 0.308 e. The van der Waals surface area contributed by atoms with E-state index in [-0.39, 0.29) is 17.9 Å². The zero-order valence-corrected chi connectivity index (χ0v) is 12.7. The van der Waals surface area contributed by atoms with E-state index in [9.17, 15) is 9.59 Å². The molecule has 2 saturated carbocycles. The summed E-state index contributed by atoms with van der Waals surface area (Å²) in [6.07, 6.45) is 7.58. The van der Waals surface area contributed by atoms with E-state index < -0.39 is 5.97 Å². The lowest BCUT2D eigenvalue weighted by Crippen LogP contribution is -2.41. The average molecular weight is 281 g/mol. The third kappa shape index (κ3) is 3.97. The van der Waals surface area contributed by atoms with Gasteiger partial charge in [-0.2, -0.15) is 0 Å². The molecule has 0 aromatic rings. The van der Waals surface area contributed by atoms with Crippen LogP contribution >= 0.6 is 0 Å². The van der Waals surface area contributed by atoms with E-state index in [1.165, 1.54) is 12.8 Å². The van der Waals surface area contributed by atoms with Crippen LogP contribution in [0.2, 0.25) is 0 Å². The second-order valence-corrected chi connectivity index (χ2v) is 7.36. The van der Waals surface area contributed by atoms with Gasteiger partial charge in [-0.05, 0) is 49.9 Å². The van der Waals surface area contributed by atoms with Crippen molar-refractivity contribution in [1.29, 1.82) is 0 Å². The monoisotopic (exact) mass is 281 g/mol. The first-order valence-electron chi connectivity index (χ1n) is 7.89. The van der Waals surface area contributed by atoms with E-state index in [2.05, 4.69) is 19.2 Å². The Kier molecular flexibility index (Phi) is 4.71. The van der Waals surface area contributed by atoms with Crippen LogP contribution in [-0.2, 0) is 9.59 Å². The van der Waals surface area contributed by atoms with Crippen molar-refractivity contribution in [3.05, 3.63) is 0 Å². The molecule has 114 valence electrons. The van der Waals surface area contributed by atoms with Gasteiger partial charge in [-0.15, -0.1) is 0 Å². The van der Waals surface area contributed by atoms with Crippen LogP contribution in [0.25, 0.3) is 0 Å². The number of rotatable bonds is 4. The van der Waals surface area contributed by atoms with Crippen LogP contribution in [0.5, 0.6) is 0 Å². The summed E-state index contributed by atoms with van der Waals surface area (Å²) in [5.41, 5.74) is 0.423. The second-order valence-electron chi connectivity index (χ2n) is 7.36. The zero-order chi connectivity index (χ0) is 14.8. The van der Waals surface area contributed by atoms with Crippen LogP contribution in [0.15, 0.2) is 0 Å². The average Bonchev–Trinajstić information content (AvgIpc) is 2.80. The van der Waals surface area contributed by atoms with Gasteiger partial charge in [0.1, 0.15) is 0 Å². The van der Waals surface area contributed by atoms with Gasteiger partial charge in [-0.25, -0.2) is 0 Å². The third-order valence-corrected chi connectivity index (χ3v) is 5.11. The van der Waals surface area contributed by atoms with Crippen molar-refractivity contribution in [1.82, 2.24) is 5.32 Å². The summed E-state index contributed by atoms with van der Waals surface area (Å²) in [6.45, 7) is 4.58. The lowest BCUT2D eigenvalue weighted by molar-refractivity contribution is -0.142. The molecule has 1 amide bonds. The maximum Gasteiger partial charge on any atom is 0.308 e. The van der Waals surface area contributed by atoms with Crippen LogP contribution in [0.4, 0.5) is 0 Å². The summed E-state index contributed by atoms with van der Waals surface area (Å²) in [4.78, 5) is 23.2. The van der Waals surface area contributed by atoms with E-state index in [1.54, 1.807) is 0 Å². The Morgan fingerprint density at radius 3 is 2.40 bits per heavy atom. The molecule has 0 aromatic heterocycles. The standard InChI is InChI=1S/C16H27NO3/c1-16(2)8-6-11(7-9-16)10-14(18)17-13-5-3-4-12(13)15(19)20/h11-13H,3-10H2,1-2H3,(H,17,18)(H,19,20)/t12-,13+/m0/s1. The molecule has 4 nitrogen and oxygen atoms in total. The van der Waals surface area contributed by atoms with Gasteiger partial charge < -0.3 is 10.4 Å². The Morgan fingerprint density at radius 2 is 1.80 bits per heavy atom. The molecule has 0 bridgehead atoms. The van der Waals surface area contributed by atoms with Crippen LogP contribution in [0.3, 0.4) is 0 Å². The predicted molar refractivity (Wildman–Crippen MR) is 77.3 cm³/mol. The number of amides is 1. The molecule has 0 radical (unpaired) electrons. The minimum absolute atomic E-state index is 0.0489. The number of carbonyl (C=O) groups excluding carboxylic acids is 1. The van der Waals surface area contributed by atoms with Gasteiger partial charge in [0, 0.05) is 12.5 Å². The van der Waals surface area contributed by atoms with Crippen molar-refractivity contribution in [2.24, 2.45) is 17.3 Å². The van der Waals surface area contributed by atoms with Crippen molar-refractivity contribution in [3.63, 3.8) is 0 Å². The highest BCUT2D eigenvalue weighted by Crippen LogP contribution is 2.39. The molecule has 0 aliphatic heterocycles. The lowest BCUT2D eigenvalue weighted by atomic mass is 9.72. The summed E-state index contributed by atoms with van der Waals surface area (Å²) < 4.78 is 0. The fourth-order valence-electron chi connectivity index (χ4n) is 3.62. The molecule has 4 heteroatoms. The van der Waals surface area contributed by atoms with Crippen molar-refractivity contribution in [2.45, 2.75) is 71.3 Å². The Bertz CT molecular complexity index is 368. The van der Waals surface area contributed by atoms with Gasteiger partial charge >= 0.3 is 5.97 Å². The van der Waals surface area contributed by atoms with Gasteiger partial charge in [-0.1, -0.05) is 20.3 Å². The highest BCUT2D eigenvalue weighted by molar-refractivity contribution is 5.78. The Labute approximate surface area is 121 Å². The fraction of sp³-hybridized carbons (Fsp3) is 0.875. The first-order chi connectivity index (χ1) is 9.37. The molecule has 2 aliphatic rings. The quantitative estimate of drug-likeness (QED) is 0.832. The van der Waals surface area contributed by atoms with Gasteiger partial charge in [0.2, 0.25) is 5.91 Å². The highest BCUT2D eigenvalue weighted by atomic mass is 16.4. The molecule has 0 heterocycles. The highest BCUT2D eigenvalue weighted by Gasteiger charge is 2.34. The number of carboxylic acids is 1. The lowest BCUT2D eigenvalue weighted by Gasteiger charge is -2.34. The maximum atomic E-state index is 12.1. The Morgan fingerprint density at radius 1 is 1.15 bits per heavy atom. The molecule has 0 saturated heterocycles. The molecule has 0 spiro atoms. The summed E-state index contributed by atoms with van der Waals surface area (Å²) >= 11 is 0. The third-order valence-electron chi connectivity index (χ3n) is 5.11. The number of hydrogen-bond acceptors (Lipinski definition) is 2. The summed E-state index contributed by atoms with van der Waals surface area (Å²) in [5.74, 6) is -0.628. The summed E-state index contributed by atoms with van der Waals surface area (Å²) in [7, 11) is 0. The largest absolute Gasteiger partial charge is 0.481 e. The molecule has 20 heavy (non-hydrogen) atoms. The van der Waals surface area contributed by atoms with E-state index >= 15 is 0 Å². The van der Waals surface area contributed by atoms with E-state index in [1.807, 2.05) is 0 Å².